The summed E-state index contributed by atoms with van der Waals surface area (Å²) < 4.78 is 11.2. The van der Waals surface area contributed by atoms with Crippen molar-refractivity contribution in [3.63, 3.8) is 0 Å². The Kier molecular flexibility index (Phi) is 5.17. The van der Waals surface area contributed by atoms with Crippen molar-refractivity contribution < 1.29 is 9.47 Å². The Morgan fingerprint density at radius 3 is 2.67 bits per heavy atom. The summed E-state index contributed by atoms with van der Waals surface area (Å²) in [4.78, 5) is 4.47. The molecule has 0 atom stereocenters. The maximum absolute atomic E-state index is 5.93. The van der Waals surface area contributed by atoms with Crippen molar-refractivity contribution in [3.8, 4) is 11.5 Å². The van der Waals surface area contributed by atoms with Gasteiger partial charge in [0.15, 0.2) is 0 Å². The first-order chi connectivity index (χ1) is 10.1. The van der Waals surface area contributed by atoms with Crippen LogP contribution in [0.2, 0.25) is 0 Å². The van der Waals surface area contributed by atoms with Crippen molar-refractivity contribution in [3.05, 3.63) is 52.8 Å². The third-order valence-corrected chi connectivity index (χ3v) is 3.17. The monoisotopic (exact) mass is 286 g/mol. The van der Waals surface area contributed by atoms with Crippen LogP contribution in [0.15, 0.2) is 30.3 Å². The Labute approximate surface area is 126 Å². The topological polar surface area (TPSA) is 43.4 Å². The summed E-state index contributed by atoms with van der Waals surface area (Å²) in [5, 5.41) is 3.16. The van der Waals surface area contributed by atoms with Gasteiger partial charge in [-0.05, 0) is 27.0 Å². The first-order valence-electron chi connectivity index (χ1n) is 7.01. The molecule has 4 heteroatoms. The fourth-order valence-electron chi connectivity index (χ4n) is 2.22. The van der Waals surface area contributed by atoms with Gasteiger partial charge in [-0.1, -0.05) is 17.7 Å². The van der Waals surface area contributed by atoms with Crippen LogP contribution in [0.25, 0.3) is 0 Å². The number of hydrogen-bond donors (Lipinski definition) is 1. The average Bonchev–Trinajstić information content (AvgIpc) is 2.46. The maximum atomic E-state index is 5.93. The van der Waals surface area contributed by atoms with Crippen LogP contribution in [0.5, 0.6) is 11.5 Å². The molecule has 0 unspecified atom stereocenters. The van der Waals surface area contributed by atoms with Crippen LogP contribution in [0.3, 0.4) is 0 Å². The van der Waals surface area contributed by atoms with Crippen LogP contribution < -0.4 is 14.8 Å². The van der Waals surface area contributed by atoms with E-state index in [2.05, 4.69) is 29.4 Å². The van der Waals surface area contributed by atoms with Crippen LogP contribution in [0.4, 0.5) is 0 Å². The fourth-order valence-corrected chi connectivity index (χ4v) is 2.22. The highest BCUT2D eigenvalue weighted by Crippen LogP contribution is 2.22. The van der Waals surface area contributed by atoms with Crippen LogP contribution in [0.1, 0.15) is 22.5 Å². The van der Waals surface area contributed by atoms with Crippen molar-refractivity contribution in [2.45, 2.75) is 27.0 Å². The van der Waals surface area contributed by atoms with Gasteiger partial charge in [-0.15, -0.1) is 0 Å². The molecule has 0 bridgehead atoms. The SMILES string of the molecule is CNCc1cc(C)ccc1OCc1cc(OC)cc(C)n1. The molecule has 0 saturated heterocycles. The largest absolute Gasteiger partial charge is 0.497 e. The van der Waals surface area contributed by atoms with Crippen molar-refractivity contribution in [1.29, 1.82) is 0 Å². The number of aromatic nitrogens is 1. The number of pyridine rings is 1. The standard InChI is InChI=1S/C17H22N2O2/c1-12-5-6-17(14(7-12)10-18-3)21-11-15-9-16(20-4)8-13(2)19-15/h5-9,18H,10-11H2,1-4H3. The predicted molar refractivity (Wildman–Crippen MR) is 83.8 cm³/mol. The molecule has 0 radical (unpaired) electrons. The first kappa shape index (κ1) is 15.3. The van der Waals surface area contributed by atoms with Crippen molar-refractivity contribution in [2.75, 3.05) is 14.2 Å². The molecule has 0 saturated carbocycles. The number of benzene rings is 1. The highest BCUT2D eigenvalue weighted by Gasteiger charge is 2.06. The van der Waals surface area contributed by atoms with Crippen molar-refractivity contribution in [2.24, 2.45) is 0 Å². The second kappa shape index (κ2) is 7.09. The lowest BCUT2D eigenvalue weighted by Crippen LogP contribution is -2.08. The van der Waals surface area contributed by atoms with Gasteiger partial charge in [0.1, 0.15) is 18.1 Å². The zero-order chi connectivity index (χ0) is 15.2. The Hall–Kier alpha value is -2.07. The molecule has 21 heavy (non-hydrogen) atoms. The predicted octanol–water partition coefficient (Wildman–Crippen LogP) is 3.01. The molecule has 1 aromatic carbocycles. The molecule has 1 heterocycles. The Balaban J connectivity index is 2.14. The minimum atomic E-state index is 0.428. The van der Waals surface area contributed by atoms with E-state index >= 15 is 0 Å². The molecule has 1 aromatic heterocycles. The van der Waals surface area contributed by atoms with Gasteiger partial charge in [-0.2, -0.15) is 0 Å². The number of nitrogens with zero attached hydrogens (tertiary/aromatic N) is 1. The van der Waals surface area contributed by atoms with E-state index < -0.39 is 0 Å². The van der Waals surface area contributed by atoms with Crippen molar-refractivity contribution in [1.82, 2.24) is 10.3 Å². The molecule has 0 fully saturated rings. The zero-order valence-electron chi connectivity index (χ0n) is 13.1. The minimum absolute atomic E-state index is 0.428. The molecule has 112 valence electrons. The molecule has 1 N–H and O–H groups in total. The molecular weight excluding hydrogens is 264 g/mol. The molecule has 2 rings (SSSR count). The summed E-state index contributed by atoms with van der Waals surface area (Å²) in [6, 6.07) is 10.0. The summed E-state index contributed by atoms with van der Waals surface area (Å²) in [5.41, 5.74) is 4.16. The summed E-state index contributed by atoms with van der Waals surface area (Å²) in [6.45, 7) is 5.24. The van der Waals surface area contributed by atoms with Gasteiger partial charge in [0.2, 0.25) is 0 Å². The number of nitrogens with one attached hydrogen (secondary N) is 1. The smallest absolute Gasteiger partial charge is 0.130 e. The molecule has 0 aliphatic rings. The Morgan fingerprint density at radius 1 is 1.14 bits per heavy atom. The van der Waals surface area contributed by atoms with Crippen LogP contribution in [-0.4, -0.2) is 19.1 Å². The van der Waals surface area contributed by atoms with Gasteiger partial charge in [0.25, 0.3) is 0 Å². The van der Waals surface area contributed by atoms with Gasteiger partial charge < -0.3 is 14.8 Å². The molecule has 2 aromatic rings. The molecule has 0 aliphatic carbocycles. The van der Waals surface area contributed by atoms with Crippen LogP contribution >= 0.6 is 0 Å². The van der Waals surface area contributed by atoms with Crippen LogP contribution in [-0.2, 0) is 13.2 Å². The number of methoxy groups -OCH3 is 1. The molecule has 0 aliphatic heterocycles. The van der Waals surface area contributed by atoms with Gasteiger partial charge in [-0.3, -0.25) is 4.98 Å². The summed E-state index contributed by atoms with van der Waals surface area (Å²) in [5.74, 6) is 1.69. The quantitative estimate of drug-likeness (QED) is 0.886. The third-order valence-electron chi connectivity index (χ3n) is 3.17. The van der Waals surface area contributed by atoms with Gasteiger partial charge >= 0.3 is 0 Å². The number of aryl methyl sites for hydroxylation is 2. The third kappa shape index (κ3) is 4.20. The number of hydrogen-bond acceptors (Lipinski definition) is 4. The fraction of sp³-hybridized carbons (Fsp3) is 0.353. The summed E-state index contributed by atoms with van der Waals surface area (Å²) >= 11 is 0. The van der Waals surface area contributed by atoms with Gasteiger partial charge in [-0.25, -0.2) is 0 Å². The molecular formula is C17H22N2O2. The second-order valence-corrected chi connectivity index (χ2v) is 5.07. The lowest BCUT2D eigenvalue weighted by atomic mass is 10.1. The number of ether oxygens (including phenoxy) is 2. The molecule has 0 amide bonds. The lowest BCUT2D eigenvalue weighted by Gasteiger charge is -2.13. The van der Waals surface area contributed by atoms with E-state index in [0.717, 1.165) is 35.0 Å². The highest BCUT2D eigenvalue weighted by molar-refractivity contribution is 5.37. The van der Waals surface area contributed by atoms with Gasteiger partial charge in [0, 0.05) is 29.9 Å². The summed E-state index contributed by atoms with van der Waals surface area (Å²) in [7, 11) is 3.59. The van der Waals surface area contributed by atoms with E-state index in [9.17, 15) is 0 Å². The Bertz CT molecular complexity index is 612. The van der Waals surface area contributed by atoms with Crippen LogP contribution in [0, 0.1) is 13.8 Å². The first-order valence-corrected chi connectivity index (χ1v) is 7.01. The van der Waals surface area contributed by atoms with E-state index in [4.69, 9.17) is 9.47 Å². The summed E-state index contributed by atoms with van der Waals surface area (Å²) in [6.07, 6.45) is 0. The molecule has 0 spiro atoms. The average molecular weight is 286 g/mol. The zero-order valence-corrected chi connectivity index (χ0v) is 13.1. The van der Waals surface area contributed by atoms with E-state index in [1.54, 1.807) is 7.11 Å². The van der Waals surface area contributed by atoms with E-state index in [0.29, 0.717) is 6.61 Å². The van der Waals surface area contributed by atoms with E-state index in [1.165, 1.54) is 5.56 Å². The highest BCUT2D eigenvalue weighted by atomic mass is 16.5. The maximum Gasteiger partial charge on any atom is 0.130 e. The lowest BCUT2D eigenvalue weighted by molar-refractivity contribution is 0.296. The minimum Gasteiger partial charge on any atom is -0.497 e. The second-order valence-electron chi connectivity index (χ2n) is 5.07. The van der Waals surface area contributed by atoms with Gasteiger partial charge in [0.05, 0.1) is 12.8 Å². The normalized spacial score (nSPS) is 10.5. The molecule has 4 nitrogen and oxygen atoms in total. The van der Waals surface area contributed by atoms with E-state index in [1.807, 2.05) is 32.2 Å². The number of rotatable bonds is 6. The Morgan fingerprint density at radius 2 is 1.95 bits per heavy atom. The van der Waals surface area contributed by atoms with Crippen molar-refractivity contribution >= 4 is 0 Å². The van der Waals surface area contributed by atoms with E-state index in [-0.39, 0.29) is 0 Å².